The molecule has 1 N–H and O–H groups in total. The van der Waals surface area contributed by atoms with Gasteiger partial charge in [-0.3, -0.25) is 4.79 Å². The highest BCUT2D eigenvalue weighted by Crippen LogP contribution is 2.23. The average Bonchev–Trinajstić information content (AvgIpc) is 2.34. The molecule has 0 atom stereocenters. The summed E-state index contributed by atoms with van der Waals surface area (Å²) in [6.45, 7) is 4.50. The molecule has 0 fully saturated rings. The third-order valence-electron chi connectivity index (χ3n) is 2.85. The van der Waals surface area contributed by atoms with E-state index in [1.165, 1.54) is 6.07 Å². The first-order valence-corrected chi connectivity index (χ1v) is 5.41. The van der Waals surface area contributed by atoms with Crippen molar-refractivity contribution in [2.45, 2.75) is 20.3 Å². The van der Waals surface area contributed by atoms with Crippen LogP contribution in [0.5, 0.6) is 5.75 Å². The van der Waals surface area contributed by atoms with Crippen molar-refractivity contribution in [2.75, 3.05) is 13.7 Å². The molecule has 1 amide bonds. The number of hydrogen-bond acceptors (Lipinski definition) is 3. The van der Waals surface area contributed by atoms with Crippen molar-refractivity contribution in [1.29, 1.82) is 5.26 Å². The Morgan fingerprint density at radius 2 is 2.12 bits per heavy atom. The van der Waals surface area contributed by atoms with Gasteiger partial charge in [0, 0.05) is 6.54 Å². The van der Waals surface area contributed by atoms with Gasteiger partial charge in [-0.1, -0.05) is 6.07 Å². The Morgan fingerprint density at radius 1 is 1.41 bits per heavy atom. The summed E-state index contributed by atoms with van der Waals surface area (Å²) in [6.07, 6.45) is 0.712. The summed E-state index contributed by atoms with van der Waals surface area (Å²) >= 11 is 0. The summed E-state index contributed by atoms with van der Waals surface area (Å²) in [5, 5.41) is 10.8. The molecule has 0 aliphatic rings. The monoisotopic (exact) mass is 232 g/mol. The molecule has 4 nitrogen and oxygen atoms in total. The zero-order valence-corrected chi connectivity index (χ0v) is 10.3. The van der Waals surface area contributed by atoms with E-state index in [1.54, 1.807) is 7.11 Å². The van der Waals surface area contributed by atoms with Gasteiger partial charge in [-0.05, 0) is 43.0 Å². The number of carbonyl (C=O) groups is 1. The normalized spacial score (nSPS) is 9.53. The summed E-state index contributed by atoms with van der Waals surface area (Å²) < 4.78 is 5.23. The Morgan fingerprint density at radius 3 is 2.71 bits per heavy atom. The van der Waals surface area contributed by atoms with E-state index in [2.05, 4.69) is 5.32 Å². The number of ether oxygens (including phenoxy) is 1. The molecule has 0 heterocycles. The molecule has 4 heteroatoms. The molecule has 1 aromatic carbocycles. The minimum Gasteiger partial charge on any atom is -0.496 e. The van der Waals surface area contributed by atoms with E-state index in [0.29, 0.717) is 13.0 Å². The van der Waals surface area contributed by atoms with Gasteiger partial charge in [0.05, 0.1) is 7.11 Å². The molecule has 1 aromatic rings. The maximum absolute atomic E-state index is 10.8. The molecule has 17 heavy (non-hydrogen) atoms. The first-order valence-electron chi connectivity index (χ1n) is 5.41. The number of hydrogen-bond donors (Lipinski definition) is 1. The van der Waals surface area contributed by atoms with Crippen LogP contribution < -0.4 is 10.1 Å². The van der Waals surface area contributed by atoms with Crippen molar-refractivity contribution >= 4 is 5.91 Å². The van der Waals surface area contributed by atoms with Gasteiger partial charge in [-0.15, -0.1) is 0 Å². The first-order chi connectivity index (χ1) is 8.10. The second-order valence-electron chi connectivity index (χ2n) is 3.79. The lowest BCUT2D eigenvalue weighted by Crippen LogP contribution is -2.24. The SMILES string of the molecule is COc1ccc(CCNC(=O)C#N)c(C)c1C. The van der Waals surface area contributed by atoms with Crippen LogP contribution in [-0.2, 0) is 11.2 Å². The molecule has 0 bridgehead atoms. The van der Waals surface area contributed by atoms with Crippen LogP contribution in [0.4, 0.5) is 0 Å². The second-order valence-corrected chi connectivity index (χ2v) is 3.79. The van der Waals surface area contributed by atoms with E-state index in [0.717, 1.165) is 22.4 Å². The Labute approximate surface area is 101 Å². The number of nitrogens with zero attached hydrogens (tertiary/aromatic N) is 1. The summed E-state index contributed by atoms with van der Waals surface area (Å²) in [4.78, 5) is 10.8. The number of benzene rings is 1. The molecule has 0 saturated heterocycles. The maximum Gasteiger partial charge on any atom is 0.322 e. The van der Waals surface area contributed by atoms with E-state index >= 15 is 0 Å². The molecular weight excluding hydrogens is 216 g/mol. The second kappa shape index (κ2) is 5.90. The zero-order valence-electron chi connectivity index (χ0n) is 10.3. The molecule has 90 valence electrons. The van der Waals surface area contributed by atoms with Crippen molar-refractivity contribution in [3.8, 4) is 11.8 Å². The fourth-order valence-electron chi connectivity index (χ4n) is 1.69. The van der Waals surface area contributed by atoms with Gasteiger partial charge in [0.1, 0.15) is 5.75 Å². The van der Waals surface area contributed by atoms with Crippen LogP contribution in [-0.4, -0.2) is 19.6 Å². The lowest BCUT2D eigenvalue weighted by molar-refractivity contribution is -0.115. The molecule has 0 saturated carbocycles. The largest absolute Gasteiger partial charge is 0.496 e. The highest BCUT2D eigenvalue weighted by Gasteiger charge is 2.06. The van der Waals surface area contributed by atoms with Gasteiger partial charge in [-0.2, -0.15) is 5.26 Å². The number of methoxy groups -OCH3 is 1. The Kier molecular flexibility index (Phi) is 4.53. The van der Waals surface area contributed by atoms with Crippen molar-refractivity contribution < 1.29 is 9.53 Å². The number of rotatable bonds is 4. The number of amides is 1. The molecule has 0 aromatic heterocycles. The molecule has 0 aliphatic heterocycles. The van der Waals surface area contributed by atoms with E-state index in [4.69, 9.17) is 10.00 Å². The Balaban J connectivity index is 2.70. The van der Waals surface area contributed by atoms with Crippen LogP contribution in [0, 0.1) is 25.2 Å². The third kappa shape index (κ3) is 3.22. The van der Waals surface area contributed by atoms with Crippen LogP contribution in [0.1, 0.15) is 16.7 Å². The minimum absolute atomic E-state index is 0.471. The first kappa shape index (κ1) is 13.0. The van der Waals surface area contributed by atoms with Crippen molar-refractivity contribution in [1.82, 2.24) is 5.32 Å². The minimum atomic E-state index is -0.590. The van der Waals surface area contributed by atoms with Gasteiger partial charge < -0.3 is 10.1 Å². The highest BCUT2D eigenvalue weighted by atomic mass is 16.5. The smallest absolute Gasteiger partial charge is 0.322 e. The molecular formula is C13H16N2O2. The Bertz CT molecular complexity index is 461. The Hall–Kier alpha value is -2.02. The predicted molar refractivity (Wildman–Crippen MR) is 64.8 cm³/mol. The third-order valence-corrected chi connectivity index (χ3v) is 2.85. The highest BCUT2D eigenvalue weighted by molar-refractivity contribution is 5.91. The summed E-state index contributed by atoms with van der Waals surface area (Å²) in [5.41, 5.74) is 3.42. The quantitative estimate of drug-likeness (QED) is 0.800. The summed E-state index contributed by atoms with van der Waals surface area (Å²) in [6, 6.07) is 5.43. The van der Waals surface area contributed by atoms with Crippen molar-refractivity contribution in [3.63, 3.8) is 0 Å². The van der Waals surface area contributed by atoms with Crippen molar-refractivity contribution in [2.24, 2.45) is 0 Å². The lowest BCUT2D eigenvalue weighted by atomic mass is 10.00. The number of carbonyl (C=O) groups excluding carboxylic acids is 1. The fourth-order valence-corrected chi connectivity index (χ4v) is 1.69. The van der Waals surface area contributed by atoms with Crippen LogP contribution in [0.2, 0.25) is 0 Å². The van der Waals surface area contributed by atoms with E-state index in [1.807, 2.05) is 26.0 Å². The van der Waals surface area contributed by atoms with Gasteiger partial charge in [0.25, 0.3) is 0 Å². The van der Waals surface area contributed by atoms with E-state index < -0.39 is 5.91 Å². The summed E-state index contributed by atoms with van der Waals surface area (Å²) in [7, 11) is 1.65. The van der Waals surface area contributed by atoms with Crippen LogP contribution >= 0.6 is 0 Å². The lowest BCUT2D eigenvalue weighted by Gasteiger charge is -2.12. The number of nitrogens with one attached hydrogen (secondary N) is 1. The summed E-state index contributed by atoms with van der Waals surface area (Å²) in [5.74, 6) is 0.278. The van der Waals surface area contributed by atoms with Gasteiger partial charge in [-0.25, -0.2) is 0 Å². The van der Waals surface area contributed by atoms with Crippen molar-refractivity contribution in [3.05, 3.63) is 28.8 Å². The van der Waals surface area contributed by atoms with Gasteiger partial charge in [0.15, 0.2) is 6.07 Å². The molecule has 1 rings (SSSR count). The number of nitriles is 1. The molecule has 0 radical (unpaired) electrons. The standard InChI is InChI=1S/C13H16N2O2/c1-9-10(2)12(17-3)5-4-11(9)6-7-15-13(16)8-14/h4-5H,6-7H2,1-3H3,(H,15,16). The van der Waals surface area contributed by atoms with Gasteiger partial charge in [0.2, 0.25) is 0 Å². The maximum atomic E-state index is 10.8. The van der Waals surface area contributed by atoms with Crippen LogP contribution in [0.3, 0.4) is 0 Å². The average molecular weight is 232 g/mol. The predicted octanol–water partition coefficient (Wildman–Crippen LogP) is 1.49. The fraction of sp³-hybridized carbons (Fsp3) is 0.385. The van der Waals surface area contributed by atoms with Crippen LogP contribution in [0.25, 0.3) is 0 Å². The topological polar surface area (TPSA) is 62.1 Å². The molecule has 0 unspecified atom stereocenters. The van der Waals surface area contributed by atoms with E-state index in [9.17, 15) is 4.79 Å². The van der Waals surface area contributed by atoms with Crippen LogP contribution in [0.15, 0.2) is 12.1 Å². The zero-order chi connectivity index (χ0) is 12.8. The molecule has 0 aliphatic carbocycles. The molecule has 0 spiro atoms. The van der Waals surface area contributed by atoms with E-state index in [-0.39, 0.29) is 0 Å². The van der Waals surface area contributed by atoms with Gasteiger partial charge >= 0.3 is 5.91 Å².